The smallest absolute Gasteiger partial charge is 0.301 e. The molecule has 4 aromatic rings. The van der Waals surface area contributed by atoms with Crippen LogP contribution in [0, 0.1) is 33.6 Å². The van der Waals surface area contributed by atoms with Crippen LogP contribution in [-0.2, 0) is 9.59 Å². The van der Waals surface area contributed by atoms with Crippen molar-refractivity contribution in [3.63, 3.8) is 0 Å². The zero-order valence-electron chi connectivity index (χ0n) is 25.1. The number of thiazole rings is 1. The maximum atomic E-state index is 13.8. The number of ketones is 1. The van der Waals surface area contributed by atoms with Crippen LogP contribution in [-0.4, -0.2) is 35.5 Å². The molecule has 1 aliphatic heterocycles. The molecule has 0 saturated carbocycles. The summed E-state index contributed by atoms with van der Waals surface area (Å²) in [4.78, 5) is 33.8. The lowest BCUT2D eigenvalue weighted by Crippen LogP contribution is -2.29. The molecule has 2 heterocycles. The van der Waals surface area contributed by atoms with Gasteiger partial charge in [0.1, 0.15) is 5.76 Å². The van der Waals surface area contributed by atoms with Crippen LogP contribution in [0.3, 0.4) is 0 Å². The molecule has 42 heavy (non-hydrogen) atoms. The minimum atomic E-state index is -0.925. The van der Waals surface area contributed by atoms with Gasteiger partial charge in [-0.05, 0) is 86.6 Å². The van der Waals surface area contributed by atoms with Crippen LogP contribution in [0.25, 0.3) is 16.0 Å². The lowest BCUT2D eigenvalue weighted by Gasteiger charge is -2.24. The highest BCUT2D eigenvalue weighted by atomic mass is 32.1. The van der Waals surface area contributed by atoms with E-state index in [-0.39, 0.29) is 11.3 Å². The molecule has 0 aliphatic carbocycles. The Balaban J connectivity index is 1.71. The Bertz CT molecular complexity index is 1740. The van der Waals surface area contributed by atoms with Crippen molar-refractivity contribution >= 4 is 44.1 Å². The number of hydrogen-bond donors (Lipinski definition) is 1. The van der Waals surface area contributed by atoms with Crippen molar-refractivity contribution in [3.05, 3.63) is 87.5 Å². The van der Waals surface area contributed by atoms with E-state index >= 15 is 0 Å². The molecule has 0 bridgehead atoms. The lowest BCUT2D eigenvalue weighted by molar-refractivity contribution is -0.132. The zero-order chi connectivity index (χ0) is 30.3. The van der Waals surface area contributed by atoms with Crippen LogP contribution in [0.2, 0.25) is 0 Å². The third-order valence-corrected chi connectivity index (χ3v) is 8.58. The number of amides is 1. The van der Waals surface area contributed by atoms with E-state index < -0.39 is 17.7 Å². The monoisotopic (exact) mass is 584 g/mol. The van der Waals surface area contributed by atoms with E-state index in [0.717, 1.165) is 38.9 Å². The number of anilines is 1. The number of benzene rings is 3. The number of methoxy groups -OCH3 is 1. The summed E-state index contributed by atoms with van der Waals surface area (Å²) in [6.45, 7) is 12.6. The van der Waals surface area contributed by atoms with E-state index in [9.17, 15) is 14.7 Å². The maximum absolute atomic E-state index is 13.8. The molecule has 1 atom stereocenters. The standard InChI is InChI=1S/C34H36N2O5S/c1-18(2)12-13-41-25-11-10-23(17-26(25)40-7)30-28(31(37)24-15-19(3)8-9-21(24)5)32(38)33(39)36(30)34-35-29-22(6)14-20(4)16-27(29)42-34/h8-11,14-18,30,37H,12-13H2,1-7H3. The number of ether oxygens (including phenoxy) is 2. The molecular formula is C34H36N2O5S. The Hall–Kier alpha value is -4.17. The molecule has 3 aromatic carbocycles. The Kier molecular flexibility index (Phi) is 8.10. The van der Waals surface area contributed by atoms with Gasteiger partial charge < -0.3 is 14.6 Å². The number of aliphatic hydroxyl groups excluding tert-OH is 1. The van der Waals surface area contributed by atoms with Crippen molar-refractivity contribution in [2.24, 2.45) is 5.92 Å². The van der Waals surface area contributed by atoms with Crippen molar-refractivity contribution in [3.8, 4) is 11.5 Å². The molecule has 1 fully saturated rings. The average molecular weight is 585 g/mol. The first kappa shape index (κ1) is 29.3. The fourth-order valence-corrected chi connectivity index (χ4v) is 6.49. The number of aryl methyl sites for hydroxylation is 4. The average Bonchev–Trinajstić information content (AvgIpc) is 3.48. The second-order valence-corrected chi connectivity index (χ2v) is 12.4. The second kappa shape index (κ2) is 11.6. The largest absolute Gasteiger partial charge is 0.507 e. The SMILES string of the molecule is COc1cc(C2C(=C(O)c3cc(C)ccc3C)C(=O)C(=O)N2c2nc3c(C)cc(C)cc3s2)ccc1OCCC(C)C. The number of carbonyl (C=O) groups excluding carboxylic acids is 2. The number of fused-ring (bicyclic) bond motifs is 1. The summed E-state index contributed by atoms with van der Waals surface area (Å²) >= 11 is 1.35. The molecule has 1 saturated heterocycles. The first-order valence-electron chi connectivity index (χ1n) is 14.1. The Morgan fingerprint density at radius 3 is 2.45 bits per heavy atom. The van der Waals surface area contributed by atoms with Crippen LogP contribution in [0.15, 0.2) is 54.1 Å². The summed E-state index contributed by atoms with van der Waals surface area (Å²) < 4.78 is 12.6. The predicted molar refractivity (Wildman–Crippen MR) is 168 cm³/mol. The predicted octanol–water partition coefficient (Wildman–Crippen LogP) is 7.59. The molecule has 1 aromatic heterocycles. The van der Waals surface area contributed by atoms with Crippen molar-refractivity contribution in [1.82, 2.24) is 4.98 Å². The molecule has 1 aliphatic rings. The molecule has 218 valence electrons. The van der Waals surface area contributed by atoms with E-state index in [1.807, 2.05) is 64.1 Å². The van der Waals surface area contributed by atoms with Gasteiger partial charge in [-0.1, -0.05) is 55.0 Å². The molecule has 1 amide bonds. The van der Waals surface area contributed by atoms with Gasteiger partial charge in [0.05, 0.1) is 35.5 Å². The number of Topliss-reactive ketones (excluding diaryl/α,β-unsaturated/α-hetero) is 1. The van der Waals surface area contributed by atoms with Gasteiger partial charge >= 0.3 is 5.91 Å². The molecule has 7 nitrogen and oxygen atoms in total. The van der Waals surface area contributed by atoms with Crippen molar-refractivity contribution in [2.45, 2.75) is 54.0 Å². The summed E-state index contributed by atoms with van der Waals surface area (Å²) in [5.74, 6) is -0.185. The van der Waals surface area contributed by atoms with Gasteiger partial charge in [0.15, 0.2) is 16.6 Å². The number of hydrogen-bond acceptors (Lipinski definition) is 7. The van der Waals surface area contributed by atoms with E-state index in [2.05, 4.69) is 13.8 Å². The molecule has 8 heteroatoms. The van der Waals surface area contributed by atoms with Crippen molar-refractivity contribution < 1.29 is 24.2 Å². The van der Waals surface area contributed by atoms with Gasteiger partial charge in [0.25, 0.3) is 5.78 Å². The fraction of sp³-hybridized carbons (Fsp3) is 0.324. The van der Waals surface area contributed by atoms with Crippen LogP contribution in [0.4, 0.5) is 5.13 Å². The first-order valence-corrected chi connectivity index (χ1v) is 14.9. The molecule has 1 unspecified atom stereocenters. The summed E-state index contributed by atoms with van der Waals surface area (Å²) in [5.41, 5.74) is 5.69. The summed E-state index contributed by atoms with van der Waals surface area (Å²) in [7, 11) is 1.56. The zero-order valence-corrected chi connectivity index (χ0v) is 25.9. The van der Waals surface area contributed by atoms with Gasteiger partial charge in [0, 0.05) is 5.56 Å². The second-order valence-electron chi connectivity index (χ2n) is 11.4. The van der Waals surface area contributed by atoms with E-state index in [4.69, 9.17) is 14.5 Å². The highest BCUT2D eigenvalue weighted by molar-refractivity contribution is 7.22. The minimum Gasteiger partial charge on any atom is -0.507 e. The Morgan fingerprint density at radius 2 is 1.74 bits per heavy atom. The van der Waals surface area contributed by atoms with Crippen LogP contribution < -0.4 is 14.4 Å². The number of aliphatic hydroxyl groups is 1. The van der Waals surface area contributed by atoms with Crippen molar-refractivity contribution in [2.75, 3.05) is 18.6 Å². The highest BCUT2D eigenvalue weighted by Gasteiger charge is 2.48. The fourth-order valence-electron chi connectivity index (χ4n) is 5.32. The summed E-state index contributed by atoms with van der Waals surface area (Å²) in [6, 6.07) is 14.2. The van der Waals surface area contributed by atoms with Crippen LogP contribution in [0.5, 0.6) is 11.5 Å². The molecular weight excluding hydrogens is 548 g/mol. The van der Waals surface area contributed by atoms with Crippen LogP contribution in [0.1, 0.15) is 59.7 Å². The highest BCUT2D eigenvalue weighted by Crippen LogP contribution is 2.46. The van der Waals surface area contributed by atoms with E-state index in [0.29, 0.717) is 40.3 Å². The molecule has 0 radical (unpaired) electrons. The summed E-state index contributed by atoms with van der Waals surface area (Å²) in [6.07, 6.45) is 0.886. The van der Waals surface area contributed by atoms with Crippen LogP contribution >= 0.6 is 11.3 Å². The van der Waals surface area contributed by atoms with Gasteiger partial charge in [-0.2, -0.15) is 0 Å². The number of rotatable bonds is 8. The number of carbonyl (C=O) groups is 2. The number of nitrogens with zero attached hydrogens (tertiary/aromatic N) is 2. The Morgan fingerprint density at radius 1 is 0.976 bits per heavy atom. The van der Waals surface area contributed by atoms with Gasteiger partial charge in [-0.25, -0.2) is 4.98 Å². The van der Waals surface area contributed by atoms with Gasteiger partial charge in [0.2, 0.25) is 0 Å². The minimum absolute atomic E-state index is 0.0105. The molecule has 1 N–H and O–H groups in total. The quantitative estimate of drug-likeness (QED) is 0.130. The maximum Gasteiger partial charge on any atom is 0.301 e. The van der Waals surface area contributed by atoms with E-state index in [1.165, 1.54) is 16.2 Å². The third-order valence-electron chi connectivity index (χ3n) is 7.57. The lowest BCUT2D eigenvalue weighted by atomic mass is 9.93. The Labute approximate surface area is 250 Å². The van der Waals surface area contributed by atoms with E-state index in [1.54, 1.807) is 19.2 Å². The normalized spacial score (nSPS) is 16.6. The molecule has 0 spiro atoms. The summed E-state index contributed by atoms with van der Waals surface area (Å²) in [5, 5.41) is 12.1. The first-order chi connectivity index (χ1) is 20.0. The molecule has 5 rings (SSSR count). The van der Waals surface area contributed by atoms with Gasteiger partial charge in [-0.15, -0.1) is 0 Å². The van der Waals surface area contributed by atoms with Crippen molar-refractivity contribution in [1.29, 1.82) is 0 Å². The third kappa shape index (κ3) is 5.39. The topological polar surface area (TPSA) is 89.0 Å². The number of aromatic nitrogens is 1. The van der Waals surface area contributed by atoms with Gasteiger partial charge in [-0.3, -0.25) is 14.5 Å².